The molecule has 1 unspecified atom stereocenters. The van der Waals surface area contributed by atoms with Crippen LogP contribution in [-0.2, 0) is 9.53 Å². The van der Waals surface area contributed by atoms with Crippen molar-refractivity contribution in [1.29, 1.82) is 0 Å². The molecule has 1 aromatic rings. The summed E-state index contributed by atoms with van der Waals surface area (Å²) < 4.78 is 6.27. The average Bonchev–Trinajstić information content (AvgIpc) is 2.75. The van der Waals surface area contributed by atoms with Crippen LogP contribution in [-0.4, -0.2) is 29.1 Å². The molecule has 0 saturated carbocycles. The Bertz CT molecular complexity index is 408. The molecule has 0 aliphatic carbocycles. The van der Waals surface area contributed by atoms with Gasteiger partial charge in [-0.15, -0.1) is 0 Å². The summed E-state index contributed by atoms with van der Waals surface area (Å²) in [5.41, 5.74) is 0. The van der Waals surface area contributed by atoms with Crippen LogP contribution in [0.1, 0.15) is 6.42 Å². The van der Waals surface area contributed by atoms with Gasteiger partial charge in [0.05, 0.1) is 18.7 Å². The number of nitrogens with zero attached hydrogens (tertiary/aromatic N) is 2. The van der Waals surface area contributed by atoms with Gasteiger partial charge >= 0.3 is 0 Å². The van der Waals surface area contributed by atoms with Gasteiger partial charge in [0, 0.05) is 6.61 Å². The maximum atomic E-state index is 11.8. The first-order valence-corrected chi connectivity index (χ1v) is 6.32. The zero-order chi connectivity index (χ0) is 11.5. The predicted octanol–water partition coefficient (Wildman–Crippen LogP) is 1.98. The number of aromatic nitrogens is 2. The van der Waals surface area contributed by atoms with E-state index in [2.05, 4.69) is 47.1 Å². The van der Waals surface area contributed by atoms with Gasteiger partial charge in [0.15, 0.2) is 5.82 Å². The van der Waals surface area contributed by atoms with Gasteiger partial charge in [0.1, 0.15) is 9.21 Å². The quantitative estimate of drug-likeness (QED) is 0.885. The van der Waals surface area contributed by atoms with Gasteiger partial charge in [-0.05, 0) is 38.3 Å². The molecule has 2 rings (SSSR count). The lowest BCUT2D eigenvalue weighted by Crippen LogP contribution is -2.23. The van der Waals surface area contributed by atoms with Gasteiger partial charge in [0.25, 0.3) is 0 Å². The van der Waals surface area contributed by atoms with Crippen molar-refractivity contribution in [3.8, 4) is 0 Å². The van der Waals surface area contributed by atoms with E-state index >= 15 is 0 Å². The first-order valence-electron chi connectivity index (χ1n) is 4.73. The molecule has 0 bridgehead atoms. The molecule has 1 amide bonds. The van der Waals surface area contributed by atoms with E-state index in [1.165, 1.54) is 6.20 Å². The second kappa shape index (κ2) is 5.20. The van der Waals surface area contributed by atoms with Crippen LogP contribution in [0.2, 0.25) is 0 Å². The summed E-state index contributed by atoms with van der Waals surface area (Å²) in [5.74, 6) is 0.271. The molecule has 5 nitrogen and oxygen atoms in total. The molecule has 2 heterocycles. The van der Waals surface area contributed by atoms with Crippen molar-refractivity contribution in [2.24, 2.45) is 5.92 Å². The molecule has 1 atom stereocenters. The molecule has 0 radical (unpaired) electrons. The fourth-order valence-corrected chi connectivity index (χ4v) is 2.30. The normalized spacial score (nSPS) is 19.8. The molecule has 0 aromatic carbocycles. The van der Waals surface area contributed by atoms with Gasteiger partial charge in [-0.25, -0.2) is 9.97 Å². The fourth-order valence-electron chi connectivity index (χ4n) is 1.39. The van der Waals surface area contributed by atoms with E-state index in [0.717, 1.165) is 6.42 Å². The zero-order valence-corrected chi connectivity index (χ0v) is 11.4. The van der Waals surface area contributed by atoms with E-state index in [0.29, 0.717) is 28.2 Å². The molecular weight excluding hydrogens is 342 g/mol. The van der Waals surface area contributed by atoms with Gasteiger partial charge < -0.3 is 10.1 Å². The Morgan fingerprint density at radius 3 is 3.00 bits per heavy atom. The number of hydrogen-bond donors (Lipinski definition) is 1. The van der Waals surface area contributed by atoms with Crippen LogP contribution in [0.25, 0.3) is 0 Å². The van der Waals surface area contributed by atoms with E-state index in [9.17, 15) is 4.79 Å². The lowest BCUT2D eigenvalue weighted by Gasteiger charge is -2.09. The van der Waals surface area contributed by atoms with Crippen LogP contribution in [0.15, 0.2) is 15.4 Å². The summed E-state index contributed by atoms with van der Waals surface area (Å²) in [7, 11) is 0. The lowest BCUT2D eigenvalue weighted by atomic mass is 10.1. The minimum absolute atomic E-state index is 0.0742. The third kappa shape index (κ3) is 2.78. The van der Waals surface area contributed by atoms with E-state index < -0.39 is 0 Å². The molecule has 86 valence electrons. The SMILES string of the molecule is O=C(Nc1ncc(Br)nc1Br)C1CCOC1. The van der Waals surface area contributed by atoms with Crippen LogP contribution < -0.4 is 5.32 Å². The van der Waals surface area contributed by atoms with Crippen LogP contribution in [0, 0.1) is 5.92 Å². The van der Waals surface area contributed by atoms with Gasteiger partial charge in [-0.2, -0.15) is 0 Å². The Kier molecular flexibility index (Phi) is 3.88. The van der Waals surface area contributed by atoms with Crippen LogP contribution in [0.3, 0.4) is 0 Å². The Morgan fingerprint density at radius 1 is 1.56 bits per heavy atom. The van der Waals surface area contributed by atoms with Crippen molar-refractivity contribution in [2.45, 2.75) is 6.42 Å². The third-order valence-electron chi connectivity index (χ3n) is 2.24. The van der Waals surface area contributed by atoms with Crippen molar-refractivity contribution in [3.63, 3.8) is 0 Å². The average molecular weight is 351 g/mol. The predicted molar refractivity (Wildman–Crippen MR) is 65.0 cm³/mol. The molecule has 1 aliphatic heterocycles. The molecule has 0 spiro atoms. The van der Waals surface area contributed by atoms with E-state index in [1.807, 2.05) is 0 Å². The number of amides is 1. The second-order valence-electron chi connectivity index (χ2n) is 3.38. The zero-order valence-electron chi connectivity index (χ0n) is 8.24. The number of carbonyl (C=O) groups excluding carboxylic acids is 1. The second-order valence-corrected chi connectivity index (χ2v) is 4.95. The summed E-state index contributed by atoms with van der Waals surface area (Å²) in [6.45, 7) is 1.12. The molecule has 1 fully saturated rings. The van der Waals surface area contributed by atoms with E-state index in [-0.39, 0.29) is 11.8 Å². The van der Waals surface area contributed by atoms with Crippen LogP contribution in [0.5, 0.6) is 0 Å². The molecule has 1 saturated heterocycles. The largest absolute Gasteiger partial charge is 0.381 e. The molecular formula is C9H9Br2N3O2. The number of nitrogens with one attached hydrogen (secondary N) is 1. The standard InChI is InChI=1S/C9H9Br2N3O2/c10-6-3-12-8(7(11)13-6)14-9(15)5-1-2-16-4-5/h3,5H,1-2,4H2,(H,12,14,15). The van der Waals surface area contributed by atoms with Gasteiger partial charge in [-0.1, -0.05) is 0 Å². The molecule has 7 heteroatoms. The van der Waals surface area contributed by atoms with Gasteiger partial charge in [0.2, 0.25) is 5.91 Å². The highest BCUT2D eigenvalue weighted by Gasteiger charge is 2.24. The topological polar surface area (TPSA) is 64.1 Å². The first kappa shape index (κ1) is 11.9. The highest BCUT2D eigenvalue weighted by atomic mass is 79.9. The Balaban J connectivity index is 2.05. The van der Waals surface area contributed by atoms with E-state index in [1.54, 1.807) is 0 Å². The molecule has 1 aliphatic rings. The Morgan fingerprint density at radius 2 is 2.38 bits per heavy atom. The summed E-state index contributed by atoms with van der Waals surface area (Å²) in [5, 5.41) is 2.72. The van der Waals surface area contributed by atoms with Crippen LogP contribution in [0.4, 0.5) is 5.82 Å². The molecule has 16 heavy (non-hydrogen) atoms. The van der Waals surface area contributed by atoms with Gasteiger partial charge in [-0.3, -0.25) is 4.79 Å². The van der Waals surface area contributed by atoms with Crippen molar-refractivity contribution in [3.05, 3.63) is 15.4 Å². The monoisotopic (exact) mass is 349 g/mol. The third-order valence-corrected chi connectivity index (χ3v) is 3.18. The van der Waals surface area contributed by atoms with Crippen molar-refractivity contribution in [2.75, 3.05) is 18.5 Å². The van der Waals surface area contributed by atoms with Crippen molar-refractivity contribution in [1.82, 2.24) is 9.97 Å². The number of anilines is 1. The minimum atomic E-state index is -0.0858. The number of ether oxygens (including phenoxy) is 1. The van der Waals surface area contributed by atoms with E-state index in [4.69, 9.17) is 4.74 Å². The Hall–Kier alpha value is -0.530. The maximum absolute atomic E-state index is 11.8. The maximum Gasteiger partial charge on any atom is 0.231 e. The summed E-state index contributed by atoms with van der Waals surface area (Å²) in [6, 6.07) is 0. The summed E-state index contributed by atoms with van der Waals surface area (Å²) in [6.07, 6.45) is 2.29. The van der Waals surface area contributed by atoms with Crippen LogP contribution >= 0.6 is 31.9 Å². The minimum Gasteiger partial charge on any atom is -0.381 e. The smallest absolute Gasteiger partial charge is 0.231 e. The van der Waals surface area contributed by atoms with Crippen molar-refractivity contribution >= 4 is 43.6 Å². The summed E-state index contributed by atoms with van der Waals surface area (Å²) in [4.78, 5) is 19.9. The van der Waals surface area contributed by atoms with Crippen molar-refractivity contribution < 1.29 is 9.53 Å². The molecule has 1 N–H and O–H groups in total. The number of carbonyl (C=O) groups is 1. The number of halogens is 2. The lowest BCUT2D eigenvalue weighted by molar-refractivity contribution is -0.119. The number of hydrogen-bond acceptors (Lipinski definition) is 4. The molecule has 1 aromatic heterocycles. The number of rotatable bonds is 2. The first-order chi connectivity index (χ1) is 7.66. The highest BCUT2D eigenvalue weighted by molar-refractivity contribution is 9.11. The Labute approximate surface area is 109 Å². The summed E-state index contributed by atoms with van der Waals surface area (Å²) >= 11 is 6.43. The highest BCUT2D eigenvalue weighted by Crippen LogP contribution is 2.21. The fraction of sp³-hybridized carbons (Fsp3) is 0.444.